The number of hydrogen-bond acceptors (Lipinski definition) is 0. The first-order chi connectivity index (χ1) is 12.6. The van der Waals surface area contributed by atoms with E-state index in [2.05, 4.69) is 74.5 Å². The van der Waals surface area contributed by atoms with Crippen LogP contribution in [-0.4, -0.2) is 7.63 Å². The summed E-state index contributed by atoms with van der Waals surface area (Å²) in [6, 6.07) is 9.87. The van der Waals surface area contributed by atoms with Crippen LogP contribution in [-0.2, 0) is 19.2 Å². The summed E-state index contributed by atoms with van der Waals surface area (Å²) in [5.41, 5.74) is 9.56. The average molecular weight is 484 g/mol. The second-order valence-electron chi connectivity index (χ2n) is 7.08. The normalized spacial score (nSPS) is 19.0. The van der Waals surface area contributed by atoms with Gasteiger partial charge in [0.15, 0.2) is 0 Å². The molecule has 0 aromatic heterocycles. The third-order valence-electron chi connectivity index (χ3n) is 5.32. The van der Waals surface area contributed by atoms with Crippen molar-refractivity contribution in [3.63, 3.8) is 0 Å². The van der Waals surface area contributed by atoms with Gasteiger partial charge in [0.2, 0.25) is 0 Å². The van der Waals surface area contributed by atoms with Crippen molar-refractivity contribution < 1.29 is 19.2 Å². The molecule has 0 bridgehead atoms. The Labute approximate surface area is 206 Å². The zero-order chi connectivity index (χ0) is 21.1. The molecule has 2 aliphatic rings. The Kier molecular flexibility index (Phi) is 19.8. The molecule has 0 saturated heterocycles. The first-order valence-corrected chi connectivity index (χ1v) is 13.4. The first-order valence-electron chi connectivity index (χ1n) is 9.43. The SMILES string of the molecule is CC1=[C-]C(C)C(C)=C1C.CC1=[C-]C(C)C(C)=C1C.Cl.Cl.[CH2-]c1ccccc1.[SiH2]=[Ti]. The number of allylic oxidation sites excluding steroid dienone is 8. The molecule has 4 heteroatoms. The number of rotatable bonds is 0. The predicted molar refractivity (Wildman–Crippen MR) is 134 cm³/mol. The fraction of sp³-hybridized carbons (Fsp3) is 0.400. The van der Waals surface area contributed by atoms with Crippen LogP contribution in [0.1, 0.15) is 61.0 Å². The summed E-state index contributed by atoms with van der Waals surface area (Å²) in [7, 11) is 1.86. The van der Waals surface area contributed by atoms with Crippen LogP contribution >= 0.6 is 24.8 Å². The second-order valence-corrected chi connectivity index (χ2v) is 7.08. The summed E-state index contributed by atoms with van der Waals surface area (Å²) in [4.78, 5) is 0. The van der Waals surface area contributed by atoms with Crippen LogP contribution in [0.3, 0.4) is 0 Å². The van der Waals surface area contributed by atoms with Gasteiger partial charge in [0.25, 0.3) is 0 Å². The maximum absolute atomic E-state index is 3.72. The third-order valence-corrected chi connectivity index (χ3v) is 5.32. The van der Waals surface area contributed by atoms with E-state index in [1.54, 1.807) is 0 Å². The van der Waals surface area contributed by atoms with E-state index in [1.807, 2.05) is 57.1 Å². The molecule has 2 atom stereocenters. The Morgan fingerprint density at radius 3 is 1.14 bits per heavy atom. The van der Waals surface area contributed by atoms with E-state index in [0.29, 0.717) is 11.8 Å². The molecule has 0 N–H and O–H groups in total. The third kappa shape index (κ3) is 11.5. The molecule has 0 saturated carbocycles. The van der Waals surface area contributed by atoms with Crippen molar-refractivity contribution in [2.24, 2.45) is 11.8 Å². The molecule has 2 aliphatic carbocycles. The summed E-state index contributed by atoms with van der Waals surface area (Å²) >= 11 is 2.03. The molecule has 0 nitrogen and oxygen atoms in total. The number of hydrogen-bond donors (Lipinski definition) is 0. The Morgan fingerprint density at radius 1 is 0.724 bits per heavy atom. The van der Waals surface area contributed by atoms with Gasteiger partial charge in [-0.3, -0.25) is 12.2 Å². The van der Waals surface area contributed by atoms with E-state index in [0.717, 1.165) is 5.56 Å². The van der Waals surface area contributed by atoms with Crippen LogP contribution in [0.15, 0.2) is 63.8 Å². The fourth-order valence-corrected chi connectivity index (χ4v) is 2.80. The van der Waals surface area contributed by atoms with E-state index in [1.165, 1.54) is 33.4 Å². The van der Waals surface area contributed by atoms with Gasteiger partial charge in [-0.2, -0.15) is 46.9 Å². The Morgan fingerprint density at radius 2 is 1.03 bits per heavy atom. The zero-order valence-electron chi connectivity index (χ0n) is 19.3. The van der Waals surface area contributed by atoms with E-state index < -0.39 is 0 Å². The molecule has 0 spiro atoms. The minimum atomic E-state index is 0. The topological polar surface area (TPSA) is 0 Å². The molecule has 0 radical (unpaired) electrons. The molecule has 1 aromatic carbocycles. The monoisotopic (exact) mass is 483 g/mol. The summed E-state index contributed by atoms with van der Waals surface area (Å²) in [5.74, 6) is 1.12. The first kappa shape index (κ1) is 33.2. The Bertz CT molecular complexity index is 686. The second kappa shape index (κ2) is 17.3. The van der Waals surface area contributed by atoms with Crippen molar-refractivity contribution in [1.29, 1.82) is 0 Å². The molecule has 29 heavy (non-hydrogen) atoms. The summed E-state index contributed by atoms with van der Waals surface area (Å²) < 4.78 is 0. The molecular formula is C25H37Cl2SiTi-3. The Balaban J connectivity index is -0.000000326. The van der Waals surface area contributed by atoms with Gasteiger partial charge >= 0.3 is 26.8 Å². The van der Waals surface area contributed by atoms with Crippen LogP contribution in [0.5, 0.6) is 0 Å². The molecule has 0 heterocycles. The van der Waals surface area contributed by atoms with E-state index in [-0.39, 0.29) is 24.8 Å². The molecular weight excluding hydrogens is 447 g/mol. The zero-order valence-corrected chi connectivity index (χ0v) is 23.9. The molecule has 3 rings (SSSR count). The van der Waals surface area contributed by atoms with Gasteiger partial charge in [-0.25, -0.2) is 11.1 Å². The van der Waals surface area contributed by atoms with Gasteiger partial charge in [0, 0.05) is 0 Å². The van der Waals surface area contributed by atoms with Gasteiger partial charge in [0.1, 0.15) is 0 Å². The molecule has 0 fully saturated rings. The minimum absolute atomic E-state index is 0. The van der Waals surface area contributed by atoms with Crippen LogP contribution < -0.4 is 0 Å². The molecule has 0 amide bonds. The van der Waals surface area contributed by atoms with Crippen LogP contribution in [0.4, 0.5) is 0 Å². The van der Waals surface area contributed by atoms with Crippen LogP contribution in [0.25, 0.3) is 0 Å². The maximum atomic E-state index is 3.72. The predicted octanol–water partition coefficient (Wildman–Crippen LogP) is 7.24. The van der Waals surface area contributed by atoms with Crippen LogP contribution in [0, 0.1) is 30.9 Å². The van der Waals surface area contributed by atoms with Crippen molar-refractivity contribution in [1.82, 2.24) is 0 Å². The summed E-state index contributed by atoms with van der Waals surface area (Å²) in [6.45, 7) is 21.1. The summed E-state index contributed by atoms with van der Waals surface area (Å²) in [5, 5.41) is 0. The van der Waals surface area contributed by atoms with Crippen LogP contribution in [0.2, 0.25) is 0 Å². The molecule has 162 valence electrons. The van der Waals surface area contributed by atoms with Gasteiger partial charge in [0.05, 0.1) is 0 Å². The van der Waals surface area contributed by atoms with Gasteiger partial charge in [-0.05, 0) is 0 Å². The average Bonchev–Trinajstić information content (AvgIpc) is 3.02. The molecule has 1 aromatic rings. The van der Waals surface area contributed by atoms with E-state index >= 15 is 0 Å². The van der Waals surface area contributed by atoms with E-state index in [4.69, 9.17) is 0 Å². The summed E-state index contributed by atoms with van der Waals surface area (Å²) in [6.07, 6.45) is 6.72. The van der Waals surface area contributed by atoms with Crippen molar-refractivity contribution in [3.05, 3.63) is 88.4 Å². The van der Waals surface area contributed by atoms with Crippen molar-refractivity contribution in [3.8, 4) is 0 Å². The van der Waals surface area contributed by atoms with Crippen molar-refractivity contribution >= 4 is 32.4 Å². The quantitative estimate of drug-likeness (QED) is 0.269. The molecule has 0 aliphatic heterocycles. The number of halogens is 2. The Hall–Kier alpha value is -0.439. The van der Waals surface area contributed by atoms with Crippen molar-refractivity contribution in [2.75, 3.05) is 0 Å². The van der Waals surface area contributed by atoms with Gasteiger partial charge in [-0.1, -0.05) is 59.4 Å². The van der Waals surface area contributed by atoms with Gasteiger partial charge in [-0.15, -0.1) is 50.8 Å². The number of benzene rings is 1. The van der Waals surface area contributed by atoms with Gasteiger partial charge < -0.3 is 0 Å². The van der Waals surface area contributed by atoms with Crippen molar-refractivity contribution in [2.45, 2.75) is 55.4 Å². The van der Waals surface area contributed by atoms with E-state index in [9.17, 15) is 0 Å². The standard InChI is InChI=1S/2C9H13.C7H7.2ClH.H2Si.Ti/c2*1-6-5-7(2)9(4)8(6)3;1-7-5-3-2-4-6-7;;;;/h2*6H,1-4H3;2-6H,1H2;2*1H;1H2;/q3*-1;;;;. The fourth-order valence-electron chi connectivity index (χ4n) is 2.80. The molecule has 2 unspecified atom stereocenters.